The van der Waals surface area contributed by atoms with Gasteiger partial charge in [0.2, 0.25) is 0 Å². The second-order valence-corrected chi connectivity index (χ2v) is 5.91. The number of thiocarbonyl (C=S) groups is 1. The van der Waals surface area contributed by atoms with Gasteiger partial charge in [-0.25, -0.2) is 8.78 Å². The summed E-state index contributed by atoms with van der Waals surface area (Å²) in [5.41, 5.74) is 0.210. The molecule has 2 nitrogen and oxygen atoms in total. The van der Waals surface area contributed by atoms with Crippen LogP contribution in [0.15, 0.2) is 18.2 Å². The lowest BCUT2D eigenvalue weighted by molar-refractivity contribution is 0.391. The molecule has 2 N–H and O–H groups in total. The second kappa shape index (κ2) is 5.04. The van der Waals surface area contributed by atoms with Gasteiger partial charge in [0.15, 0.2) is 5.11 Å². The van der Waals surface area contributed by atoms with E-state index in [1.165, 1.54) is 31.4 Å². The van der Waals surface area contributed by atoms with Crippen molar-refractivity contribution in [2.75, 3.05) is 5.32 Å². The van der Waals surface area contributed by atoms with Crippen molar-refractivity contribution in [1.29, 1.82) is 0 Å². The van der Waals surface area contributed by atoms with Crippen LogP contribution in [0.3, 0.4) is 0 Å². The summed E-state index contributed by atoms with van der Waals surface area (Å²) in [5, 5.41) is 6.48. The summed E-state index contributed by atoms with van der Waals surface area (Å²) in [6.07, 6.45) is 5.02. The number of hydrogen-bond donors (Lipinski definition) is 2. The van der Waals surface area contributed by atoms with Crippen LogP contribution in [-0.2, 0) is 0 Å². The number of hydrogen-bond acceptors (Lipinski definition) is 1. The first kappa shape index (κ1) is 12.8. The zero-order valence-electron chi connectivity index (χ0n) is 10.5. The summed E-state index contributed by atoms with van der Waals surface area (Å²) in [7, 11) is 0. The third-order valence-electron chi connectivity index (χ3n) is 4.23. The Hall–Kier alpha value is -1.23. The molecule has 102 valence electrons. The van der Waals surface area contributed by atoms with Crippen molar-refractivity contribution in [2.24, 2.45) is 11.8 Å². The highest BCUT2D eigenvalue weighted by molar-refractivity contribution is 7.80. The van der Waals surface area contributed by atoms with Crippen molar-refractivity contribution in [3.05, 3.63) is 29.8 Å². The van der Waals surface area contributed by atoms with Gasteiger partial charge in [0.05, 0.1) is 5.69 Å². The van der Waals surface area contributed by atoms with E-state index in [-0.39, 0.29) is 5.69 Å². The Labute approximate surface area is 116 Å². The quantitative estimate of drug-likeness (QED) is 0.813. The Balaban J connectivity index is 1.59. The second-order valence-electron chi connectivity index (χ2n) is 5.50. The third-order valence-corrected chi connectivity index (χ3v) is 4.45. The molecule has 2 bridgehead atoms. The molecule has 0 saturated heterocycles. The largest absolute Gasteiger partial charge is 0.359 e. The van der Waals surface area contributed by atoms with E-state index in [1.807, 2.05) is 0 Å². The molecule has 0 unspecified atom stereocenters. The molecule has 0 heterocycles. The van der Waals surface area contributed by atoms with Crippen LogP contribution in [0.4, 0.5) is 14.5 Å². The van der Waals surface area contributed by atoms with Crippen LogP contribution in [0, 0.1) is 23.5 Å². The summed E-state index contributed by atoms with van der Waals surface area (Å²) < 4.78 is 26.3. The molecular formula is C14H16F2N2S. The third kappa shape index (κ3) is 2.71. The minimum atomic E-state index is -0.628. The molecule has 0 aromatic heterocycles. The first-order valence-electron chi connectivity index (χ1n) is 6.64. The van der Waals surface area contributed by atoms with Crippen molar-refractivity contribution in [2.45, 2.75) is 31.7 Å². The van der Waals surface area contributed by atoms with Crippen molar-refractivity contribution < 1.29 is 8.78 Å². The molecule has 1 aromatic carbocycles. The van der Waals surface area contributed by atoms with E-state index in [1.54, 1.807) is 0 Å². The first-order valence-corrected chi connectivity index (χ1v) is 7.05. The number of nitrogens with one attached hydrogen (secondary N) is 2. The van der Waals surface area contributed by atoms with Gasteiger partial charge in [-0.1, -0.05) is 6.42 Å². The number of halogens is 2. The highest BCUT2D eigenvalue weighted by Gasteiger charge is 2.39. The van der Waals surface area contributed by atoms with Gasteiger partial charge in [0.25, 0.3) is 0 Å². The summed E-state index contributed by atoms with van der Waals surface area (Å²) in [4.78, 5) is 0. The minimum Gasteiger partial charge on any atom is -0.359 e. The van der Waals surface area contributed by atoms with E-state index in [4.69, 9.17) is 12.2 Å². The lowest BCUT2D eigenvalue weighted by Gasteiger charge is -2.24. The lowest BCUT2D eigenvalue weighted by atomic mass is 9.96. The predicted octanol–water partition coefficient (Wildman–Crippen LogP) is 3.44. The van der Waals surface area contributed by atoms with E-state index >= 15 is 0 Å². The van der Waals surface area contributed by atoms with Crippen molar-refractivity contribution >= 4 is 23.0 Å². The molecule has 2 aliphatic carbocycles. The average Bonchev–Trinajstić information content (AvgIpc) is 2.95. The molecule has 0 spiro atoms. The van der Waals surface area contributed by atoms with Crippen LogP contribution in [0.25, 0.3) is 0 Å². The number of benzene rings is 1. The van der Waals surface area contributed by atoms with Crippen molar-refractivity contribution in [1.82, 2.24) is 5.32 Å². The Bertz CT molecular complexity index is 506. The highest BCUT2D eigenvalue weighted by Crippen LogP contribution is 2.44. The molecule has 3 rings (SSSR count). The van der Waals surface area contributed by atoms with Crippen LogP contribution in [0.1, 0.15) is 25.7 Å². The molecule has 5 heteroatoms. The first-order chi connectivity index (χ1) is 9.11. The lowest BCUT2D eigenvalue weighted by Crippen LogP contribution is -2.40. The number of anilines is 1. The SMILES string of the molecule is Fc1ccc(NC(=S)N[C@@H]2C[C@H]3CC[C@H]2C3)c(F)c1. The summed E-state index contributed by atoms with van der Waals surface area (Å²) in [5.74, 6) is 0.308. The highest BCUT2D eigenvalue weighted by atomic mass is 32.1. The molecule has 2 fully saturated rings. The van der Waals surface area contributed by atoms with Gasteiger partial charge in [-0.3, -0.25) is 0 Å². The fourth-order valence-electron chi connectivity index (χ4n) is 3.34. The summed E-state index contributed by atoms with van der Waals surface area (Å²) in [6.45, 7) is 0. The number of fused-ring (bicyclic) bond motifs is 2. The molecule has 0 radical (unpaired) electrons. The minimum absolute atomic E-state index is 0.210. The maximum absolute atomic E-state index is 13.5. The van der Waals surface area contributed by atoms with Gasteiger partial charge in [-0.05, 0) is 55.4 Å². The van der Waals surface area contributed by atoms with Crippen LogP contribution in [0.5, 0.6) is 0 Å². The topological polar surface area (TPSA) is 24.1 Å². The van der Waals surface area contributed by atoms with Gasteiger partial charge < -0.3 is 10.6 Å². The zero-order chi connectivity index (χ0) is 13.4. The van der Waals surface area contributed by atoms with Gasteiger partial charge in [0, 0.05) is 12.1 Å². The summed E-state index contributed by atoms with van der Waals surface area (Å²) >= 11 is 5.20. The monoisotopic (exact) mass is 282 g/mol. The van der Waals surface area contributed by atoms with E-state index in [9.17, 15) is 8.78 Å². The van der Waals surface area contributed by atoms with Crippen molar-refractivity contribution in [3.8, 4) is 0 Å². The fourth-order valence-corrected chi connectivity index (χ4v) is 3.60. The fraction of sp³-hybridized carbons (Fsp3) is 0.500. The van der Waals surface area contributed by atoms with Gasteiger partial charge >= 0.3 is 0 Å². The molecule has 0 aliphatic heterocycles. The zero-order valence-corrected chi connectivity index (χ0v) is 11.3. The Morgan fingerprint density at radius 1 is 1.21 bits per heavy atom. The van der Waals surface area contributed by atoms with E-state index < -0.39 is 11.6 Å². The van der Waals surface area contributed by atoms with Crippen LogP contribution >= 0.6 is 12.2 Å². The number of rotatable bonds is 2. The maximum atomic E-state index is 13.5. The normalized spacial score (nSPS) is 28.4. The standard InChI is InChI=1S/C14H16F2N2S/c15-10-3-4-12(11(16)7-10)17-14(19)18-13-6-8-1-2-9(13)5-8/h3-4,7-9,13H,1-2,5-6H2,(H2,17,18,19)/t8-,9-,13+/m0/s1. The average molecular weight is 282 g/mol. The Kier molecular flexibility index (Phi) is 3.39. The van der Waals surface area contributed by atoms with Gasteiger partial charge in [0.1, 0.15) is 11.6 Å². The molecule has 0 amide bonds. The van der Waals surface area contributed by atoms with E-state index in [0.29, 0.717) is 17.1 Å². The van der Waals surface area contributed by atoms with E-state index in [2.05, 4.69) is 10.6 Å². The van der Waals surface area contributed by atoms with E-state index in [0.717, 1.165) is 18.4 Å². The molecule has 2 aliphatic rings. The van der Waals surface area contributed by atoms with Gasteiger partial charge in [-0.15, -0.1) is 0 Å². The smallest absolute Gasteiger partial charge is 0.171 e. The Morgan fingerprint density at radius 2 is 2.05 bits per heavy atom. The van der Waals surface area contributed by atoms with Crippen LogP contribution < -0.4 is 10.6 Å². The van der Waals surface area contributed by atoms with Crippen LogP contribution in [0.2, 0.25) is 0 Å². The van der Waals surface area contributed by atoms with Crippen molar-refractivity contribution in [3.63, 3.8) is 0 Å². The molecule has 19 heavy (non-hydrogen) atoms. The molecule has 1 aromatic rings. The maximum Gasteiger partial charge on any atom is 0.171 e. The molecule has 2 saturated carbocycles. The molecule has 3 atom stereocenters. The Morgan fingerprint density at radius 3 is 2.68 bits per heavy atom. The predicted molar refractivity (Wildman–Crippen MR) is 75.0 cm³/mol. The van der Waals surface area contributed by atoms with Crippen LogP contribution in [-0.4, -0.2) is 11.2 Å². The van der Waals surface area contributed by atoms with Gasteiger partial charge in [-0.2, -0.15) is 0 Å². The summed E-state index contributed by atoms with van der Waals surface area (Å²) in [6, 6.07) is 3.83. The molecular weight excluding hydrogens is 266 g/mol.